The minimum absolute atomic E-state index is 0.453. The van der Waals surface area contributed by atoms with E-state index in [1.54, 1.807) is 45.6 Å². The van der Waals surface area contributed by atoms with Crippen molar-refractivity contribution in [3.63, 3.8) is 0 Å². The fourth-order valence-corrected chi connectivity index (χ4v) is 3.37. The van der Waals surface area contributed by atoms with Gasteiger partial charge in [-0.1, -0.05) is 6.58 Å². The summed E-state index contributed by atoms with van der Waals surface area (Å²) in [5, 5.41) is 1.72. The Kier molecular flexibility index (Phi) is 5.00. The first-order valence-corrected chi connectivity index (χ1v) is 9.54. The number of aromatic nitrogens is 1. The molecule has 3 rings (SSSR count). The first kappa shape index (κ1) is 18.7. The number of hydrogen-bond donors (Lipinski definition) is 1. The summed E-state index contributed by atoms with van der Waals surface area (Å²) < 4.78 is 44.1. The van der Waals surface area contributed by atoms with E-state index in [2.05, 4.69) is 11.3 Å². The van der Waals surface area contributed by atoms with E-state index in [9.17, 15) is 8.42 Å². The van der Waals surface area contributed by atoms with Gasteiger partial charge in [0.25, 0.3) is 10.0 Å². The molecule has 2 aromatic carbocycles. The number of anilines is 1. The minimum atomic E-state index is -3.56. The Morgan fingerprint density at radius 2 is 1.67 bits per heavy atom. The minimum Gasteiger partial charge on any atom is -0.496 e. The maximum atomic E-state index is 11.7. The molecule has 7 nitrogen and oxygen atoms in total. The zero-order valence-electron chi connectivity index (χ0n) is 15.2. The highest BCUT2D eigenvalue weighted by Gasteiger charge is 2.17. The highest BCUT2D eigenvalue weighted by atomic mass is 32.2. The SMILES string of the molecule is C=CS(=O)(=O)Nc1ccc2c(ccn2-c2c(OC)cc(OC)cc2OC)c1. The van der Waals surface area contributed by atoms with E-state index in [-0.39, 0.29) is 0 Å². The second-order valence-corrected chi connectivity index (χ2v) is 7.28. The predicted octanol–water partition coefficient (Wildman–Crippen LogP) is 3.54. The van der Waals surface area contributed by atoms with Gasteiger partial charge in [0.15, 0.2) is 0 Å². The molecule has 0 radical (unpaired) electrons. The van der Waals surface area contributed by atoms with Gasteiger partial charge in [-0.2, -0.15) is 0 Å². The molecule has 3 aromatic rings. The summed E-state index contributed by atoms with van der Waals surface area (Å²) in [6, 6.07) is 10.7. The van der Waals surface area contributed by atoms with Crippen LogP contribution in [-0.4, -0.2) is 34.3 Å². The Balaban J connectivity index is 2.15. The molecule has 0 aliphatic carbocycles. The molecule has 0 spiro atoms. The Bertz CT molecular complexity index is 1080. The van der Waals surface area contributed by atoms with Crippen LogP contribution in [0.3, 0.4) is 0 Å². The van der Waals surface area contributed by atoms with Crippen molar-refractivity contribution in [2.75, 3.05) is 26.1 Å². The molecule has 0 saturated heterocycles. The Morgan fingerprint density at radius 1 is 1.00 bits per heavy atom. The maximum absolute atomic E-state index is 11.7. The van der Waals surface area contributed by atoms with Gasteiger partial charge in [0.05, 0.1) is 26.8 Å². The molecule has 8 heteroatoms. The lowest BCUT2D eigenvalue weighted by molar-refractivity contribution is 0.373. The standard InChI is InChI=1S/C19H20N2O5S/c1-5-27(22,23)20-14-6-7-16-13(10-14)8-9-21(16)19-17(25-3)11-15(24-2)12-18(19)26-4/h5-12,20H,1H2,2-4H3. The van der Waals surface area contributed by atoms with Crippen LogP contribution in [0.5, 0.6) is 17.2 Å². The van der Waals surface area contributed by atoms with Crippen LogP contribution in [0.4, 0.5) is 5.69 Å². The van der Waals surface area contributed by atoms with Crippen LogP contribution in [0.15, 0.2) is 54.6 Å². The van der Waals surface area contributed by atoms with Gasteiger partial charge in [0.1, 0.15) is 22.9 Å². The Morgan fingerprint density at radius 3 is 2.22 bits per heavy atom. The van der Waals surface area contributed by atoms with Crippen molar-refractivity contribution in [3.05, 3.63) is 54.6 Å². The monoisotopic (exact) mass is 388 g/mol. The summed E-state index contributed by atoms with van der Waals surface area (Å²) >= 11 is 0. The highest BCUT2D eigenvalue weighted by molar-refractivity contribution is 7.95. The van der Waals surface area contributed by atoms with Crippen molar-refractivity contribution in [3.8, 4) is 22.9 Å². The van der Waals surface area contributed by atoms with Crippen molar-refractivity contribution < 1.29 is 22.6 Å². The third-order valence-corrected chi connectivity index (χ3v) is 5.06. The van der Waals surface area contributed by atoms with Crippen LogP contribution >= 0.6 is 0 Å². The zero-order valence-corrected chi connectivity index (χ0v) is 16.0. The second kappa shape index (κ2) is 7.24. The van der Waals surface area contributed by atoms with Crippen molar-refractivity contribution in [1.82, 2.24) is 4.57 Å². The molecule has 0 fully saturated rings. The van der Waals surface area contributed by atoms with E-state index in [4.69, 9.17) is 14.2 Å². The average Bonchev–Trinajstić information content (AvgIpc) is 3.09. The van der Waals surface area contributed by atoms with Crippen molar-refractivity contribution in [2.24, 2.45) is 0 Å². The van der Waals surface area contributed by atoms with Gasteiger partial charge in [-0.05, 0) is 24.3 Å². The number of benzene rings is 2. The molecule has 0 bridgehead atoms. The average molecular weight is 388 g/mol. The van der Waals surface area contributed by atoms with Crippen LogP contribution < -0.4 is 18.9 Å². The summed E-state index contributed by atoms with van der Waals surface area (Å²) in [5.41, 5.74) is 2.03. The summed E-state index contributed by atoms with van der Waals surface area (Å²) in [5.74, 6) is 1.78. The first-order chi connectivity index (χ1) is 12.9. The third-order valence-electron chi connectivity index (χ3n) is 4.10. The molecule has 1 N–H and O–H groups in total. The quantitative estimate of drug-likeness (QED) is 0.670. The van der Waals surface area contributed by atoms with Gasteiger partial charge in [-0.25, -0.2) is 8.42 Å². The molecular formula is C19H20N2O5S. The molecule has 0 saturated carbocycles. The molecule has 0 amide bonds. The smallest absolute Gasteiger partial charge is 0.254 e. The van der Waals surface area contributed by atoms with Crippen LogP contribution in [-0.2, 0) is 10.0 Å². The van der Waals surface area contributed by atoms with Gasteiger partial charge >= 0.3 is 0 Å². The summed E-state index contributed by atoms with van der Waals surface area (Å²) in [6.45, 7) is 3.29. The second-order valence-electron chi connectivity index (χ2n) is 5.65. The lowest BCUT2D eigenvalue weighted by atomic mass is 10.2. The van der Waals surface area contributed by atoms with Crippen LogP contribution in [0.25, 0.3) is 16.6 Å². The predicted molar refractivity (Wildman–Crippen MR) is 106 cm³/mol. The van der Waals surface area contributed by atoms with E-state index < -0.39 is 10.0 Å². The summed E-state index contributed by atoms with van der Waals surface area (Å²) in [6.07, 6.45) is 1.86. The molecule has 0 aliphatic rings. The normalized spacial score (nSPS) is 11.2. The van der Waals surface area contributed by atoms with Gasteiger partial charge in [-0.15, -0.1) is 0 Å². The van der Waals surface area contributed by atoms with Crippen LogP contribution in [0.1, 0.15) is 0 Å². The summed E-state index contributed by atoms with van der Waals surface area (Å²) in [4.78, 5) is 0. The fourth-order valence-electron chi connectivity index (χ4n) is 2.83. The van der Waals surface area contributed by atoms with Gasteiger partial charge < -0.3 is 18.8 Å². The lowest BCUT2D eigenvalue weighted by Gasteiger charge is -2.17. The van der Waals surface area contributed by atoms with E-state index in [0.29, 0.717) is 22.9 Å². The highest BCUT2D eigenvalue weighted by Crippen LogP contribution is 2.39. The molecular weight excluding hydrogens is 368 g/mol. The molecule has 1 heterocycles. The number of ether oxygens (including phenoxy) is 3. The number of nitrogens with zero attached hydrogens (tertiary/aromatic N) is 1. The zero-order chi connectivity index (χ0) is 19.6. The van der Waals surface area contributed by atoms with E-state index in [1.165, 1.54) is 0 Å². The number of hydrogen-bond acceptors (Lipinski definition) is 5. The van der Waals surface area contributed by atoms with Gasteiger partial charge in [0, 0.05) is 34.8 Å². The molecule has 0 aliphatic heterocycles. The molecule has 0 unspecified atom stereocenters. The van der Waals surface area contributed by atoms with Crippen molar-refractivity contribution >= 4 is 26.6 Å². The number of rotatable bonds is 7. The first-order valence-electron chi connectivity index (χ1n) is 7.99. The molecule has 142 valence electrons. The molecule has 27 heavy (non-hydrogen) atoms. The van der Waals surface area contributed by atoms with Crippen molar-refractivity contribution in [1.29, 1.82) is 0 Å². The fraction of sp³-hybridized carbons (Fsp3) is 0.158. The van der Waals surface area contributed by atoms with Gasteiger partial charge in [-0.3, -0.25) is 4.72 Å². The Hall–Kier alpha value is -3.13. The number of nitrogens with one attached hydrogen (secondary N) is 1. The maximum Gasteiger partial charge on any atom is 0.254 e. The topological polar surface area (TPSA) is 78.8 Å². The third kappa shape index (κ3) is 3.56. The largest absolute Gasteiger partial charge is 0.496 e. The molecule has 0 atom stereocenters. The van der Waals surface area contributed by atoms with Crippen molar-refractivity contribution in [2.45, 2.75) is 0 Å². The summed E-state index contributed by atoms with van der Waals surface area (Å²) in [7, 11) is 1.16. The van der Waals surface area contributed by atoms with E-state index in [1.807, 2.05) is 22.9 Å². The molecule has 1 aromatic heterocycles. The number of methoxy groups -OCH3 is 3. The van der Waals surface area contributed by atoms with E-state index >= 15 is 0 Å². The van der Waals surface area contributed by atoms with Crippen LogP contribution in [0, 0.1) is 0 Å². The lowest BCUT2D eigenvalue weighted by Crippen LogP contribution is -2.08. The number of fused-ring (bicyclic) bond motifs is 1. The van der Waals surface area contributed by atoms with Gasteiger partial charge in [0.2, 0.25) is 0 Å². The van der Waals surface area contributed by atoms with E-state index in [0.717, 1.165) is 22.0 Å². The van der Waals surface area contributed by atoms with Crippen LogP contribution in [0.2, 0.25) is 0 Å². The Labute approximate surface area is 157 Å². The number of sulfonamides is 1.